The molecule has 96 valence electrons. The van der Waals surface area contributed by atoms with Crippen LogP contribution in [0.1, 0.15) is 24.1 Å². The van der Waals surface area contributed by atoms with Crippen molar-refractivity contribution >= 4 is 22.9 Å². The first-order valence-corrected chi connectivity index (χ1v) is 7.22. The van der Waals surface area contributed by atoms with Crippen LogP contribution in [0.4, 0.5) is 4.39 Å². The van der Waals surface area contributed by atoms with E-state index < -0.39 is 0 Å². The van der Waals surface area contributed by atoms with Gasteiger partial charge in [0.1, 0.15) is 5.82 Å². The van der Waals surface area contributed by atoms with Crippen molar-refractivity contribution < 1.29 is 4.39 Å². The second kappa shape index (κ2) is 6.32. The van der Waals surface area contributed by atoms with Gasteiger partial charge in [0, 0.05) is 6.04 Å². The predicted octanol–water partition coefficient (Wildman–Crippen LogP) is 4.43. The summed E-state index contributed by atoms with van der Waals surface area (Å²) in [5, 5.41) is 7.79. The molecule has 1 unspecified atom stereocenters. The Bertz CT molecular complexity index is 499. The molecule has 0 saturated heterocycles. The van der Waals surface area contributed by atoms with E-state index in [-0.39, 0.29) is 16.9 Å². The normalized spacial score (nSPS) is 12.6. The molecule has 0 aliphatic carbocycles. The van der Waals surface area contributed by atoms with Crippen LogP contribution in [0.25, 0.3) is 0 Å². The Kier molecular flexibility index (Phi) is 4.75. The molecule has 1 atom stereocenters. The first-order valence-electron chi connectivity index (χ1n) is 5.90. The van der Waals surface area contributed by atoms with Gasteiger partial charge in [-0.3, -0.25) is 0 Å². The molecule has 4 heteroatoms. The molecule has 0 radical (unpaired) electrons. The van der Waals surface area contributed by atoms with Crippen LogP contribution in [-0.4, -0.2) is 6.54 Å². The molecule has 0 spiro atoms. The van der Waals surface area contributed by atoms with Crippen LogP contribution < -0.4 is 5.32 Å². The molecule has 18 heavy (non-hydrogen) atoms. The van der Waals surface area contributed by atoms with Crippen LogP contribution in [0, 0.1) is 5.82 Å². The van der Waals surface area contributed by atoms with E-state index >= 15 is 0 Å². The number of hydrogen-bond acceptors (Lipinski definition) is 2. The quantitative estimate of drug-likeness (QED) is 0.856. The largest absolute Gasteiger partial charge is 0.310 e. The highest BCUT2D eigenvalue weighted by atomic mass is 35.5. The summed E-state index contributed by atoms with van der Waals surface area (Å²) in [6.45, 7) is 2.93. The van der Waals surface area contributed by atoms with Crippen molar-refractivity contribution in [3.05, 3.63) is 57.0 Å². The summed E-state index contributed by atoms with van der Waals surface area (Å²) in [7, 11) is 0. The summed E-state index contributed by atoms with van der Waals surface area (Å²) in [6.07, 6.45) is 0.888. The van der Waals surface area contributed by atoms with E-state index in [2.05, 4.69) is 29.1 Å². The molecule has 0 fully saturated rings. The summed E-state index contributed by atoms with van der Waals surface area (Å²) < 4.78 is 13.2. The number of rotatable bonds is 5. The third kappa shape index (κ3) is 3.31. The minimum Gasteiger partial charge on any atom is -0.310 e. The topological polar surface area (TPSA) is 12.0 Å². The molecule has 0 saturated carbocycles. The van der Waals surface area contributed by atoms with E-state index in [4.69, 9.17) is 11.6 Å². The van der Waals surface area contributed by atoms with Crippen molar-refractivity contribution in [1.29, 1.82) is 0 Å². The smallest absolute Gasteiger partial charge is 0.141 e. The van der Waals surface area contributed by atoms with Crippen LogP contribution in [-0.2, 0) is 6.42 Å². The molecule has 0 aliphatic rings. The predicted molar refractivity (Wildman–Crippen MR) is 75.9 cm³/mol. The van der Waals surface area contributed by atoms with Crippen LogP contribution >= 0.6 is 22.9 Å². The molecule has 2 aromatic rings. The Morgan fingerprint density at radius 1 is 1.39 bits per heavy atom. The highest BCUT2D eigenvalue weighted by Crippen LogP contribution is 2.24. The number of halogens is 2. The standard InChI is InChI=1S/C14H15ClFNS/c1-2-17-14(7-10-5-6-18-9-10)11-3-4-13(16)12(15)8-11/h3-6,8-9,14,17H,2,7H2,1H3. The Balaban J connectivity index is 2.20. The second-order valence-corrected chi connectivity index (χ2v) is 5.31. The van der Waals surface area contributed by atoms with Gasteiger partial charge in [-0.25, -0.2) is 4.39 Å². The van der Waals surface area contributed by atoms with Gasteiger partial charge >= 0.3 is 0 Å². The van der Waals surface area contributed by atoms with Gasteiger partial charge in [0.05, 0.1) is 5.02 Å². The molecular weight excluding hydrogens is 269 g/mol. The van der Waals surface area contributed by atoms with E-state index in [0.29, 0.717) is 0 Å². The van der Waals surface area contributed by atoms with Gasteiger partial charge in [-0.2, -0.15) is 11.3 Å². The highest BCUT2D eigenvalue weighted by molar-refractivity contribution is 7.07. The van der Waals surface area contributed by atoms with E-state index in [1.165, 1.54) is 11.6 Å². The van der Waals surface area contributed by atoms with E-state index in [9.17, 15) is 4.39 Å². The molecular formula is C14H15ClFNS. The monoisotopic (exact) mass is 283 g/mol. The second-order valence-electron chi connectivity index (χ2n) is 4.12. The van der Waals surface area contributed by atoms with Crippen molar-refractivity contribution in [1.82, 2.24) is 5.32 Å². The lowest BCUT2D eigenvalue weighted by molar-refractivity contribution is 0.548. The first-order chi connectivity index (χ1) is 8.70. The SMILES string of the molecule is CCNC(Cc1ccsc1)c1ccc(F)c(Cl)c1. The van der Waals surface area contributed by atoms with E-state index in [1.807, 2.05) is 0 Å². The Labute approximate surface area is 116 Å². The molecule has 0 amide bonds. The summed E-state index contributed by atoms with van der Waals surface area (Å²) in [5.41, 5.74) is 2.31. The van der Waals surface area contributed by atoms with Gasteiger partial charge < -0.3 is 5.32 Å². The summed E-state index contributed by atoms with van der Waals surface area (Å²) in [4.78, 5) is 0. The third-order valence-electron chi connectivity index (χ3n) is 2.82. The van der Waals surface area contributed by atoms with E-state index in [1.54, 1.807) is 23.5 Å². The Morgan fingerprint density at radius 2 is 2.22 bits per heavy atom. The number of benzene rings is 1. The van der Waals surface area contributed by atoms with Gasteiger partial charge in [0.25, 0.3) is 0 Å². The van der Waals surface area contributed by atoms with Crippen molar-refractivity contribution in [3.63, 3.8) is 0 Å². The maximum atomic E-state index is 13.2. The van der Waals surface area contributed by atoms with Crippen molar-refractivity contribution in [2.45, 2.75) is 19.4 Å². The fourth-order valence-electron chi connectivity index (χ4n) is 1.93. The highest BCUT2D eigenvalue weighted by Gasteiger charge is 2.13. The Hall–Kier alpha value is -0.900. The molecule has 0 bridgehead atoms. The molecule has 0 aliphatic heterocycles. The number of nitrogens with one attached hydrogen (secondary N) is 1. The zero-order valence-corrected chi connectivity index (χ0v) is 11.7. The van der Waals surface area contributed by atoms with Gasteiger partial charge in [0.15, 0.2) is 0 Å². The van der Waals surface area contributed by atoms with Gasteiger partial charge in [0.2, 0.25) is 0 Å². The zero-order chi connectivity index (χ0) is 13.0. The van der Waals surface area contributed by atoms with Crippen LogP contribution in [0.15, 0.2) is 35.0 Å². The first kappa shape index (κ1) is 13.5. The summed E-state index contributed by atoms with van der Waals surface area (Å²) >= 11 is 7.53. The van der Waals surface area contributed by atoms with Crippen molar-refractivity contribution in [3.8, 4) is 0 Å². The lowest BCUT2D eigenvalue weighted by Gasteiger charge is -2.18. The van der Waals surface area contributed by atoms with E-state index in [0.717, 1.165) is 18.5 Å². The minimum absolute atomic E-state index is 0.169. The Morgan fingerprint density at radius 3 is 2.83 bits per heavy atom. The number of thiophene rings is 1. The summed E-state index contributed by atoms with van der Waals surface area (Å²) in [5.74, 6) is -0.369. The lowest BCUT2D eigenvalue weighted by atomic mass is 10.0. The van der Waals surface area contributed by atoms with Gasteiger partial charge in [-0.05, 0) is 53.1 Å². The van der Waals surface area contributed by atoms with Crippen LogP contribution in [0.3, 0.4) is 0 Å². The fourth-order valence-corrected chi connectivity index (χ4v) is 2.80. The third-order valence-corrected chi connectivity index (χ3v) is 3.84. The van der Waals surface area contributed by atoms with Crippen LogP contribution in [0.2, 0.25) is 5.02 Å². The molecule has 2 rings (SSSR count). The number of likely N-dealkylation sites (N-methyl/N-ethyl adjacent to an activating group) is 1. The van der Waals surface area contributed by atoms with Crippen LogP contribution in [0.5, 0.6) is 0 Å². The average molecular weight is 284 g/mol. The molecule has 1 aromatic heterocycles. The lowest BCUT2D eigenvalue weighted by Crippen LogP contribution is -2.22. The molecule has 1 heterocycles. The molecule has 1 nitrogen and oxygen atoms in total. The van der Waals surface area contributed by atoms with Gasteiger partial charge in [-0.15, -0.1) is 0 Å². The van der Waals surface area contributed by atoms with Gasteiger partial charge in [-0.1, -0.05) is 24.6 Å². The fraction of sp³-hybridized carbons (Fsp3) is 0.286. The molecule has 1 aromatic carbocycles. The minimum atomic E-state index is -0.369. The maximum Gasteiger partial charge on any atom is 0.141 e. The molecule has 1 N–H and O–H groups in total. The number of hydrogen-bond donors (Lipinski definition) is 1. The zero-order valence-electron chi connectivity index (χ0n) is 10.1. The summed E-state index contributed by atoms with van der Waals surface area (Å²) in [6, 6.07) is 7.20. The average Bonchev–Trinajstić information content (AvgIpc) is 2.85. The van der Waals surface area contributed by atoms with Crippen molar-refractivity contribution in [2.75, 3.05) is 6.54 Å². The van der Waals surface area contributed by atoms with Crippen molar-refractivity contribution in [2.24, 2.45) is 0 Å². The maximum absolute atomic E-state index is 13.2.